The molecule has 50 heavy (non-hydrogen) atoms. The lowest BCUT2D eigenvalue weighted by Gasteiger charge is -2.11. The van der Waals surface area contributed by atoms with Gasteiger partial charge in [-0.1, -0.05) is 24.3 Å². The number of halogens is 2. The molecule has 10 nitrogen and oxygen atoms in total. The normalized spacial score (nSPS) is 13.4. The number of nitrogens with zero attached hydrogens (tertiary/aromatic N) is 2. The van der Waals surface area contributed by atoms with Crippen LogP contribution in [0.25, 0.3) is 68.6 Å². The standard InChI is InChI=1S/C38H32Br2N4O6/c1-21(45)47-19-49-25-7-3-5-23(17-25)35-27-9-13-31(41-27)37(39)33-15-11-29(43-33)36(24-6-4-8-26(18-24)50-20-48-22(2)46)30-12-16-34(44-30)38(40)32-14-10-28(35)42-32/h3-18,21-22,41,44-46H,19-20H2,1-2H3. The SMILES string of the molecule is CC(O)OCOc1cccc(-c2c3nc(c(Br)c4ccc([nH]4)c(-c4cccc(OCOC(C)O)c4)c4nc(c(Br)c5ccc2[nH]5)C=C4)C=C3)c1. The summed E-state index contributed by atoms with van der Waals surface area (Å²) in [6.07, 6.45) is 6.07. The van der Waals surface area contributed by atoms with E-state index in [-0.39, 0.29) is 13.6 Å². The van der Waals surface area contributed by atoms with Gasteiger partial charge in [-0.25, -0.2) is 9.97 Å². The number of nitrogens with one attached hydrogen (secondary N) is 2. The zero-order valence-corrected chi connectivity index (χ0v) is 30.2. The number of hydrogen-bond acceptors (Lipinski definition) is 8. The maximum atomic E-state index is 9.48. The van der Waals surface area contributed by atoms with Crippen LogP contribution in [0.2, 0.25) is 0 Å². The highest BCUT2D eigenvalue weighted by Crippen LogP contribution is 2.37. The van der Waals surface area contributed by atoms with Crippen LogP contribution in [0.4, 0.5) is 0 Å². The van der Waals surface area contributed by atoms with E-state index in [1.54, 1.807) is 0 Å². The summed E-state index contributed by atoms with van der Waals surface area (Å²) >= 11 is 7.65. The van der Waals surface area contributed by atoms with Crippen LogP contribution in [0.5, 0.6) is 11.5 Å². The molecule has 0 fully saturated rings. The summed E-state index contributed by atoms with van der Waals surface area (Å²) in [5.41, 5.74) is 9.89. The largest absolute Gasteiger partial charge is 0.467 e. The van der Waals surface area contributed by atoms with Crippen LogP contribution in [-0.4, -0.2) is 56.3 Å². The molecule has 0 aliphatic carbocycles. The molecule has 8 bridgehead atoms. The number of H-pyrrole nitrogens is 2. The second kappa shape index (κ2) is 14.7. The minimum Gasteiger partial charge on any atom is -0.467 e. The third kappa shape index (κ3) is 7.31. The van der Waals surface area contributed by atoms with Crippen molar-refractivity contribution in [1.29, 1.82) is 0 Å². The van der Waals surface area contributed by atoms with Gasteiger partial charge < -0.3 is 39.1 Å². The van der Waals surface area contributed by atoms with E-state index < -0.39 is 12.6 Å². The smallest absolute Gasteiger partial charge is 0.191 e. The van der Waals surface area contributed by atoms with Gasteiger partial charge in [0, 0.05) is 22.2 Å². The molecule has 2 aromatic carbocycles. The number of benzene rings is 2. The number of aromatic amines is 2. The van der Waals surface area contributed by atoms with E-state index in [0.29, 0.717) is 11.5 Å². The molecule has 3 aromatic heterocycles. The first-order chi connectivity index (χ1) is 24.2. The number of fused-ring (bicyclic) bond motifs is 8. The lowest BCUT2D eigenvalue weighted by molar-refractivity contribution is -0.131. The number of ether oxygens (including phenoxy) is 4. The summed E-state index contributed by atoms with van der Waals surface area (Å²) in [7, 11) is 0. The van der Waals surface area contributed by atoms with Gasteiger partial charge in [-0.2, -0.15) is 0 Å². The molecule has 12 heteroatoms. The van der Waals surface area contributed by atoms with E-state index in [9.17, 15) is 10.2 Å². The number of rotatable bonds is 10. The summed E-state index contributed by atoms with van der Waals surface area (Å²) < 4.78 is 23.5. The monoisotopic (exact) mass is 798 g/mol. The van der Waals surface area contributed by atoms with Crippen molar-refractivity contribution < 1.29 is 29.2 Å². The van der Waals surface area contributed by atoms with Gasteiger partial charge in [0.05, 0.1) is 42.8 Å². The van der Waals surface area contributed by atoms with Crippen LogP contribution in [0, 0.1) is 0 Å². The quantitative estimate of drug-likeness (QED) is 0.101. The first-order valence-electron chi connectivity index (χ1n) is 15.8. The fraction of sp³-hybridized carbons (Fsp3) is 0.158. The summed E-state index contributed by atoms with van der Waals surface area (Å²) in [5.74, 6) is 1.18. The average molecular weight is 801 g/mol. The van der Waals surface area contributed by atoms with Crippen molar-refractivity contribution in [2.24, 2.45) is 0 Å². The molecule has 0 radical (unpaired) electrons. The molecule has 5 aromatic rings. The van der Waals surface area contributed by atoms with E-state index in [4.69, 9.17) is 28.9 Å². The number of aromatic nitrogens is 4. The molecule has 0 spiro atoms. The zero-order chi connectivity index (χ0) is 34.8. The molecule has 0 saturated carbocycles. The Morgan fingerprint density at radius 3 is 1.40 bits per heavy atom. The third-order valence-corrected chi connectivity index (χ3v) is 9.61. The van der Waals surface area contributed by atoms with Gasteiger partial charge in [-0.05, 0) is 130 Å². The lowest BCUT2D eigenvalue weighted by atomic mass is 10.0. The molecule has 2 aliphatic rings. The van der Waals surface area contributed by atoms with E-state index >= 15 is 0 Å². The van der Waals surface area contributed by atoms with Crippen LogP contribution in [0.1, 0.15) is 36.6 Å². The minimum absolute atomic E-state index is 0.0876. The Kier molecular flexibility index (Phi) is 9.99. The van der Waals surface area contributed by atoms with Gasteiger partial charge in [-0.3, -0.25) is 0 Å². The van der Waals surface area contributed by atoms with Crippen molar-refractivity contribution in [3.8, 4) is 33.8 Å². The summed E-state index contributed by atoms with van der Waals surface area (Å²) in [6, 6.07) is 23.4. The average Bonchev–Trinajstić information content (AvgIpc) is 3.93. The molecule has 0 saturated heterocycles. The van der Waals surface area contributed by atoms with Crippen LogP contribution < -0.4 is 9.47 Å². The molecule has 2 atom stereocenters. The van der Waals surface area contributed by atoms with E-state index in [1.807, 2.05) is 97.1 Å². The molecule has 2 unspecified atom stereocenters. The van der Waals surface area contributed by atoms with Crippen molar-refractivity contribution in [1.82, 2.24) is 19.9 Å². The summed E-state index contributed by atoms with van der Waals surface area (Å²) in [5, 5.41) is 19.0. The van der Waals surface area contributed by atoms with Crippen LogP contribution in [0.15, 0.2) is 81.7 Å². The maximum Gasteiger partial charge on any atom is 0.191 e. The summed E-state index contributed by atoms with van der Waals surface area (Å²) in [6.45, 7) is 2.89. The van der Waals surface area contributed by atoms with Crippen molar-refractivity contribution in [3.63, 3.8) is 0 Å². The zero-order valence-electron chi connectivity index (χ0n) is 27.0. The first-order valence-corrected chi connectivity index (χ1v) is 17.3. The molecule has 7 rings (SSSR count). The van der Waals surface area contributed by atoms with Crippen molar-refractivity contribution in [2.45, 2.75) is 26.4 Å². The lowest BCUT2D eigenvalue weighted by Crippen LogP contribution is -2.11. The van der Waals surface area contributed by atoms with Gasteiger partial charge in [0.25, 0.3) is 0 Å². The van der Waals surface area contributed by atoms with Gasteiger partial charge in [0.1, 0.15) is 11.5 Å². The van der Waals surface area contributed by atoms with E-state index in [2.05, 4.69) is 41.8 Å². The van der Waals surface area contributed by atoms with Crippen LogP contribution >= 0.6 is 31.9 Å². The predicted octanol–water partition coefficient (Wildman–Crippen LogP) is 8.90. The van der Waals surface area contributed by atoms with Crippen LogP contribution in [-0.2, 0) is 9.47 Å². The minimum atomic E-state index is -0.934. The molecular weight excluding hydrogens is 768 g/mol. The fourth-order valence-corrected chi connectivity index (χ4v) is 6.53. The number of hydrogen-bond donors (Lipinski definition) is 4. The highest BCUT2D eigenvalue weighted by atomic mass is 79.9. The van der Waals surface area contributed by atoms with Crippen molar-refractivity contribution >= 4 is 78.2 Å². The summed E-state index contributed by atoms with van der Waals surface area (Å²) in [4.78, 5) is 17.3. The molecule has 0 amide bonds. The second-order valence-corrected chi connectivity index (χ2v) is 13.1. The van der Waals surface area contributed by atoms with Gasteiger partial charge in [0.15, 0.2) is 26.2 Å². The molecule has 2 aliphatic heterocycles. The first kappa shape index (κ1) is 33.9. The Morgan fingerprint density at radius 1 is 0.580 bits per heavy atom. The Balaban J connectivity index is 1.44. The number of aliphatic hydroxyl groups excluding tert-OH is 2. The maximum absolute atomic E-state index is 9.48. The fourth-order valence-electron chi connectivity index (χ4n) is 5.63. The second-order valence-electron chi connectivity index (χ2n) is 11.5. The third-order valence-electron chi connectivity index (χ3n) is 7.94. The molecule has 5 heterocycles. The van der Waals surface area contributed by atoms with Gasteiger partial charge >= 0.3 is 0 Å². The number of aliphatic hydroxyl groups is 2. The molecular formula is C38H32Br2N4O6. The van der Waals surface area contributed by atoms with Crippen molar-refractivity contribution in [3.05, 3.63) is 105 Å². The van der Waals surface area contributed by atoms with Gasteiger partial charge in [-0.15, -0.1) is 0 Å². The topological polar surface area (TPSA) is 135 Å². The highest BCUT2D eigenvalue weighted by molar-refractivity contribution is 9.11. The Hall–Kier alpha value is -4.56. The van der Waals surface area contributed by atoms with Crippen LogP contribution in [0.3, 0.4) is 0 Å². The van der Waals surface area contributed by atoms with Crippen molar-refractivity contribution in [2.75, 3.05) is 13.6 Å². The Bertz CT molecular complexity index is 2130. The van der Waals surface area contributed by atoms with E-state index in [1.165, 1.54) is 13.8 Å². The molecule has 254 valence electrons. The molecule has 4 N–H and O–H groups in total. The van der Waals surface area contributed by atoms with E-state index in [0.717, 1.165) is 76.0 Å². The van der Waals surface area contributed by atoms with Gasteiger partial charge in [0.2, 0.25) is 0 Å². The highest BCUT2D eigenvalue weighted by Gasteiger charge is 2.17. The predicted molar refractivity (Wildman–Crippen MR) is 202 cm³/mol. The Labute approximate surface area is 304 Å². The Morgan fingerprint density at radius 2 is 0.980 bits per heavy atom.